The Morgan fingerprint density at radius 2 is 1.95 bits per heavy atom. The van der Waals surface area contributed by atoms with Crippen LogP contribution in [0.25, 0.3) is 0 Å². The van der Waals surface area contributed by atoms with Crippen molar-refractivity contribution in [3.05, 3.63) is 30.1 Å². The average molecular weight is 265 g/mol. The minimum Gasteiger partial charge on any atom is -0.324 e. The fourth-order valence-corrected chi connectivity index (χ4v) is 2.31. The Morgan fingerprint density at radius 3 is 2.53 bits per heavy atom. The van der Waals surface area contributed by atoms with E-state index in [0.717, 1.165) is 32.5 Å². The molecule has 1 saturated heterocycles. The molecular formula is C14H20FN3O. The van der Waals surface area contributed by atoms with Gasteiger partial charge in [-0.15, -0.1) is 0 Å². The number of benzene rings is 1. The monoisotopic (exact) mass is 265 g/mol. The lowest BCUT2D eigenvalue weighted by molar-refractivity contribution is 0.189. The summed E-state index contributed by atoms with van der Waals surface area (Å²) in [7, 11) is 0. The molecule has 1 aromatic carbocycles. The van der Waals surface area contributed by atoms with Gasteiger partial charge in [0.25, 0.3) is 0 Å². The van der Waals surface area contributed by atoms with Crippen molar-refractivity contribution >= 4 is 11.7 Å². The molecule has 4 nitrogen and oxygen atoms in total. The number of nitrogens with one attached hydrogen (secondary N) is 2. The van der Waals surface area contributed by atoms with Gasteiger partial charge in [0, 0.05) is 24.8 Å². The van der Waals surface area contributed by atoms with Crippen LogP contribution in [0.5, 0.6) is 0 Å². The van der Waals surface area contributed by atoms with Crippen molar-refractivity contribution in [1.29, 1.82) is 0 Å². The highest BCUT2D eigenvalue weighted by molar-refractivity contribution is 5.89. The fourth-order valence-electron chi connectivity index (χ4n) is 2.31. The normalized spacial score (nSPS) is 16.4. The number of likely N-dealkylation sites (tertiary alicyclic amines) is 1. The van der Waals surface area contributed by atoms with Gasteiger partial charge in [0.15, 0.2) is 0 Å². The minimum atomic E-state index is -0.301. The molecule has 0 unspecified atom stereocenters. The first kappa shape index (κ1) is 13.8. The second-order valence-corrected chi connectivity index (χ2v) is 4.76. The molecular weight excluding hydrogens is 245 g/mol. The standard InChI is InChI=1S/C14H20FN3O/c1-2-16-12-7-9-18(10-8-12)14(19)17-13-5-3-11(15)4-6-13/h3-6,12,16H,2,7-10H2,1H3,(H,17,19). The third-order valence-corrected chi connectivity index (χ3v) is 3.37. The maximum absolute atomic E-state index is 12.8. The van der Waals surface area contributed by atoms with Crippen LogP contribution in [0.2, 0.25) is 0 Å². The Kier molecular flexibility index (Phi) is 4.74. The molecule has 1 aliphatic heterocycles. The molecule has 1 heterocycles. The van der Waals surface area contributed by atoms with Crippen molar-refractivity contribution in [3.8, 4) is 0 Å². The second-order valence-electron chi connectivity index (χ2n) is 4.76. The Balaban J connectivity index is 1.83. The lowest BCUT2D eigenvalue weighted by Crippen LogP contribution is -2.46. The smallest absolute Gasteiger partial charge is 0.321 e. The Bertz CT molecular complexity index is 413. The van der Waals surface area contributed by atoms with Gasteiger partial charge in [0.2, 0.25) is 0 Å². The zero-order valence-corrected chi connectivity index (χ0v) is 11.2. The summed E-state index contributed by atoms with van der Waals surface area (Å²) >= 11 is 0. The molecule has 2 rings (SSSR count). The summed E-state index contributed by atoms with van der Waals surface area (Å²) in [5, 5.41) is 6.19. The first-order chi connectivity index (χ1) is 9.19. The van der Waals surface area contributed by atoms with Gasteiger partial charge >= 0.3 is 6.03 Å². The molecule has 0 spiro atoms. The summed E-state index contributed by atoms with van der Waals surface area (Å²) in [6.07, 6.45) is 1.95. The van der Waals surface area contributed by atoms with Crippen LogP contribution in [0.1, 0.15) is 19.8 Å². The summed E-state index contributed by atoms with van der Waals surface area (Å²) < 4.78 is 12.8. The fraction of sp³-hybridized carbons (Fsp3) is 0.500. The molecule has 2 N–H and O–H groups in total. The first-order valence-corrected chi connectivity index (χ1v) is 6.74. The van der Waals surface area contributed by atoms with Gasteiger partial charge in [0.1, 0.15) is 5.82 Å². The highest BCUT2D eigenvalue weighted by Gasteiger charge is 2.21. The lowest BCUT2D eigenvalue weighted by Gasteiger charge is -2.32. The van der Waals surface area contributed by atoms with Crippen LogP contribution in [0.15, 0.2) is 24.3 Å². The number of nitrogens with zero attached hydrogens (tertiary/aromatic N) is 1. The van der Waals surface area contributed by atoms with Gasteiger partial charge in [-0.1, -0.05) is 6.92 Å². The molecule has 0 atom stereocenters. The van der Waals surface area contributed by atoms with Gasteiger partial charge in [-0.2, -0.15) is 0 Å². The highest BCUT2D eigenvalue weighted by Crippen LogP contribution is 2.13. The number of piperidine rings is 1. The molecule has 0 saturated carbocycles. The molecule has 19 heavy (non-hydrogen) atoms. The predicted molar refractivity (Wildman–Crippen MR) is 73.7 cm³/mol. The number of halogens is 1. The number of amides is 2. The molecule has 1 aromatic rings. The van der Waals surface area contributed by atoms with E-state index in [1.54, 1.807) is 17.0 Å². The third kappa shape index (κ3) is 3.92. The zero-order valence-electron chi connectivity index (χ0n) is 11.2. The third-order valence-electron chi connectivity index (χ3n) is 3.37. The summed E-state index contributed by atoms with van der Waals surface area (Å²) in [4.78, 5) is 13.8. The van der Waals surface area contributed by atoms with E-state index in [2.05, 4.69) is 17.6 Å². The summed E-state index contributed by atoms with van der Waals surface area (Å²) in [6, 6.07) is 6.22. The van der Waals surface area contributed by atoms with Crippen molar-refractivity contribution in [2.45, 2.75) is 25.8 Å². The number of hydrogen-bond donors (Lipinski definition) is 2. The van der Waals surface area contributed by atoms with Gasteiger partial charge < -0.3 is 15.5 Å². The Hall–Kier alpha value is -1.62. The quantitative estimate of drug-likeness (QED) is 0.881. The lowest BCUT2D eigenvalue weighted by atomic mass is 10.1. The maximum atomic E-state index is 12.8. The van der Waals surface area contributed by atoms with Gasteiger partial charge in [-0.3, -0.25) is 0 Å². The maximum Gasteiger partial charge on any atom is 0.321 e. The first-order valence-electron chi connectivity index (χ1n) is 6.74. The SMILES string of the molecule is CCNC1CCN(C(=O)Nc2ccc(F)cc2)CC1. The van der Waals surface area contributed by atoms with Crippen molar-refractivity contribution < 1.29 is 9.18 Å². The molecule has 2 amide bonds. The molecule has 0 aromatic heterocycles. The number of rotatable bonds is 3. The van der Waals surface area contributed by atoms with Gasteiger partial charge in [-0.25, -0.2) is 9.18 Å². The summed E-state index contributed by atoms with van der Waals surface area (Å²) in [5.74, 6) is -0.301. The van der Waals surface area contributed by atoms with Gasteiger partial charge in [-0.05, 0) is 43.7 Å². The largest absolute Gasteiger partial charge is 0.324 e. The molecule has 0 aliphatic carbocycles. The van der Waals surface area contributed by atoms with E-state index < -0.39 is 0 Å². The van der Waals surface area contributed by atoms with Crippen molar-refractivity contribution in [2.75, 3.05) is 25.0 Å². The van der Waals surface area contributed by atoms with E-state index in [0.29, 0.717) is 11.7 Å². The van der Waals surface area contributed by atoms with Crippen LogP contribution in [-0.2, 0) is 0 Å². The summed E-state index contributed by atoms with van der Waals surface area (Å²) in [6.45, 7) is 4.56. The molecule has 1 aliphatic rings. The van der Waals surface area contributed by atoms with Crippen molar-refractivity contribution in [3.63, 3.8) is 0 Å². The molecule has 1 fully saturated rings. The number of urea groups is 1. The second kappa shape index (κ2) is 6.52. The Morgan fingerprint density at radius 1 is 1.32 bits per heavy atom. The molecule has 104 valence electrons. The topological polar surface area (TPSA) is 44.4 Å². The van der Waals surface area contributed by atoms with Crippen LogP contribution in [0.3, 0.4) is 0 Å². The zero-order chi connectivity index (χ0) is 13.7. The van der Waals surface area contributed by atoms with E-state index in [1.165, 1.54) is 12.1 Å². The van der Waals surface area contributed by atoms with E-state index in [4.69, 9.17) is 0 Å². The van der Waals surface area contributed by atoms with Crippen LogP contribution in [0.4, 0.5) is 14.9 Å². The molecule has 0 radical (unpaired) electrons. The highest BCUT2D eigenvalue weighted by atomic mass is 19.1. The van der Waals surface area contributed by atoms with Crippen LogP contribution in [-0.4, -0.2) is 36.6 Å². The van der Waals surface area contributed by atoms with Crippen LogP contribution >= 0.6 is 0 Å². The number of carbonyl (C=O) groups is 1. The number of hydrogen-bond acceptors (Lipinski definition) is 2. The predicted octanol–water partition coefficient (Wildman–Crippen LogP) is 2.43. The van der Waals surface area contributed by atoms with E-state index >= 15 is 0 Å². The van der Waals surface area contributed by atoms with E-state index in [9.17, 15) is 9.18 Å². The van der Waals surface area contributed by atoms with E-state index in [-0.39, 0.29) is 11.8 Å². The number of anilines is 1. The van der Waals surface area contributed by atoms with Crippen LogP contribution in [0, 0.1) is 5.82 Å². The van der Waals surface area contributed by atoms with Crippen molar-refractivity contribution in [2.24, 2.45) is 0 Å². The molecule has 5 heteroatoms. The van der Waals surface area contributed by atoms with Crippen LogP contribution < -0.4 is 10.6 Å². The Labute approximate surface area is 113 Å². The average Bonchev–Trinajstić information content (AvgIpc) is 2.42. The van der Waals surface area contributed by atoms with Crippen molar-refractivity contribution in [1.82, 2.24) is 10.2 Å². The van der Waals surface area contributed by atoms with E-state index in [1.807, 2.05) is 0 Å². The minimum absolute atomic E-state index is 0.110. The number of carbonyl (C=O) groups excluding carboxylic acids is 1. The molecule has 0 bridgehead atoms. The van der Waals surface area contributed by atoms with Gasteiger partial charge in [0.05, 0.1) is 0 Å². The summed E-state index contributed by atoms with van der Waals surface area (Å²) in [5.41, 5.74) is 0.625.